The Morgan fingerprint density at radius 2 is 1.83 bits per heavy atom. The van der Waals surface area contributed by atoms with Crippen LogP contribution in [0.25, 0.3) is 16.3 Å². The summed E-state index contributed by atoms with van der Waals surface area (Å²) in [5.41, 5.74) is 4.83. The van der Waals surface area contributed by atoms with Gasteiger partial charge in [0.1, 0.15) is 0 Å². The fraction of sp³-hybridized carbons (Fsp3) is 0.276. The molecule has 1 heterocycles. The monoisotopic (exact) mass is 395 g/mol. The number of nitrogens with zero attached hydrogens (tertiary/aromatic N) is 1. The van der Waals surface area contributed by atoms with Crippen LogP contribution in [0.2, 0.25) is 0 Å². The first kappa shape index (κ1) is 21.8. The minimum Gasteiger partial charge on any atom is -0.256 e. The van der Waals surface area contributed by atoms with Crippen molar-refractivity contribution in [1.82, 2.24) is 4.98 Å². The quantitative estimate of drug-likeness (QED) is 0.450. The molecule has 0 saturated carbocycles. The second-order valence-corrected chi connectivity index (χ2v) is 8.73. The predicted molar refractivity (Wildman–Crippen MR) is 132 cm³/mol. The third-order valence-electron chi connectivity index (χ3n) is 6.35. The second kappa shape index (κ2) is 9.26. The molecule has 1 heteroatoms. The number of allylic oxidation sites excluding steroid dienone is 11. The van der Waals surface area contributed by atoms with Crippen LogP contribution in [-0.4, -0.2) is 4.98 Å². The highest BCUT2D eigenvalue weighted by Gasteiger charge is 2.30. The molecular formula is C29H33N. The number of hydrogen-bond acceptors (Lipinski definition) is 1. The summed E-state index contributed by atoms with van der Waals surface area (Å²) >= 11 is 0. The van der Waals surface area contributed by atoms with Gasteiger partial charge in [0.25, 0.3) is 0 Å². The largest absolute Gasteiger partial charge is 0.256 e. The number of fused-ring (bicyclic) bond motifs is 1. The molecule has 1 nitrogen and oxygen atoms in total. The fourth-order valence-corrected chi connectivity index (χ4v) is 3.89. The van der Waals surface area contributed by atoms with Crippen LogP contribution in [0.1, 0.15) is 40.3 Å². The van der Waals surface area contributed by atoms with Crippen LogP contribution in [0.3, 0.4) is 0 Å². The lowest BCUT2D eigenvalue weighted by molar-refractivity contribution is 0.318. The highest BCUT2D eigenvalue weighted by Crippen LogP contribution is 2.43. The summed E-state index contributed by atoms with van der Waals surface area (Å²) in [7, 11) is 0. The van der Waals surface area contributed by atoms with Gasteiger partial charge in [-0.05, 0) is 40.9 Å². The summed E-state index contributed by atoms with van der Waals surface area (Å²) in [6.45, 7) is 15.2. The molecule has 0 aliphatic heterocycles. The van der Waals surface area contributed by atoms with Crippen molar-refractivity contribution in [2.45, 2.75) is 34.6 Å². The maximum absolute atomic E-state index is 4.85. The zero-order valence-corrected chi connectivity index (χ0v) is 18.9. The molecule has 154 valence electrons. The maximum Gasteiger partial charge on any atom is 0.0783 e. The van der Waals surface area contributed by atoms with E-state index in [2.05, 4.69) is 114 Å². The molecule has 0 amide bonds. The lowest BCUT2D eigenvalue weighted by atomic mass is 9.72. The van der Waals surface area contributed by atoms with E-state index in [-0.39, 0.29) is 11.3 Å². The second-order valence-electron chi connectivity index (χ2n) is 8.73. The highest BCUT2D eigenvalue weighted by atomic mass is 14.7. The summed E-state index contributed by atoms with van der Waals surface area (Å²) in [5.74, 6) is 0.690. The first-order chi connectivity index (χ1) is 14.4. The number of hydrogen-bond donors (Lipinski definition) is 0. The van der Waals surface area contributed by atoms with E-state index in [1.165, 1.54) is 27.5 Å². The first-order valence-electron chi connectivity index (χ1n) is 10.8. The van der Waals surface area contributed by atoms with Gasteiger partial charge in [0.2, 0.25) is 0 Å². The van der Waals surface area contributed by atoms with E-state index in [0.29, 0.717) is 5.92 Å². The Hall–Kier alpha value is -2.93. The van der Waals surface area contributed by atoms with E-state index in [0.717, 1.165) is 5.69 Å². The van der Waals surface area contributed by atoms with Gasteiger partial charge in [0.05, 0.1) is 5.69 Å². The molecule has 0 bridgehead atoms. The van der Waals surface area contributed by atoms with Crippen molar-refractivity contribution in [3.63, 3.8) is 0 Å². The topological polar surface area (TPSA) is 12.9 Å². The molecule has 0 saturated heterocycles. The molecule has 30 heavy (non-hydrogen) atoms. The van der Waals surface area contributed by atoms with Crippen molar-refractivity contribution in [1.29, 1.82) is 0 Å². The first-order valence-corrected chi connectivity index (χ1v) is 10.8. The molecule has 0 N–H and O–H groups in total. The van der Waals surface area contributed by atoms with E-state index in [4.69, 9.17) is 4.98 Å². The van der Waals surface area contributed by atoms with E-state index < -0.39 is 0 Å². The lowest BCUT2D eigenvalue weighted by Crippen LogP contribution is -2.22. The molecule has 3 rings (SSSR count). The van der Waals surface area contributed by atoms with Crippen LogP contribution < -0.4 is 0 Å². The molecule has 0 fully saturated rings. The number of aromatic nitrogens is 1. The number of pyridine rings is 1. The smallest absolute Gasteiger partial charge is 0.0783 e. The van der Waals surface area contributed by atoms with Gasteiger partial charge in [-0.2, -0.15) is 0 Å². The Morgan fingerprint density at radius 1 is 1.10 bits per heavy atom. The molecule has 0 radical (unpaired) electrons. The Kier molecular flexibility index (Phi) is 6.72. The van der Waals surface area contributed by atoms with E-state index >= 15 is 0 Å². The zero-order valence-electron chi connectivity index (χ0n) is 18.9. The average molecular weight is 396 g/mol. The van der Waals surface area contributed by atoms with Crippen molar-refractivity contribution >= 4 is 16.3 Å². The zero-order chi connectivity index (χ0) is 21.7. The summed E-state index contributed by atoms with van der Waals surface area (Å²) in [6, 6.07) is 10.6. The minimum absolute atomic E-state index is 0.00655. The highest BCUT2D eigenvalue weighted by molar-refractivity contribution is 5.95. The van der Waals surface area contributed by atoms with Crippen LogP contribution in [0.15, 0.2) is 103 Å². The maximum atomic E-state index is 4.85. The average Bonchev–Trinajstić information content (AvgIpc) is 2.96. The Morgan fingerprint density at radius 3 is 2.53 bits per heavy atom. The normalized spacial score (nSPS) is 17.9. The van der Waals surface area contributed by atoms with Gasteiger partial charge >= 0.3 is 0 Å². The van der Waals surface area contributed by atoms with E-state index in [1.54, 1.807) is 0 Å². The van der Waals surface area contributed by atoms with Crippen molar-refractivity contribution in [2.24, 2.45) is 17.3 Å². The fourth-order valence-electron chi connectivity index (χ4n) is 3.89. The minimum atomic E-state index is 0.00655. The molecule has 1 unspecified atom stereocenters. The molecule has 1 aromatic heterocycles. The van der Waals surface area contributed by atoms with Crippen LogP contribution in [0, 0.1) is 17.3 Å². The molecule has 2 aromatic rings. The van der Waals surface area contributed by atoms with Crippen LogP contribution in [-0.2, 0) is 0 Å². The van der Waals surface area contributed by atoms with Crippen LogP contribution in [0.5, 0.6) is 0 Å². The van der Waals surface area contributed by atoms with Gasteiger partial charge in [0, 0.05) is 23.1 Å². The summed E-state index contributed by atoms with van der Waals surface area (Å²) in [4.78, 5) is 4.85. The van der Waals surface area contributed by atoms with Gasteiger partial charge < -0.3 is 0 Å². The van der Waals surface area contributed by atoms with Crippen molar-refractivity contribution < 1.29 is 0 Å². The summed E-state index contributed by atoms with van der Waals surface area (Å²) < 4.78 is 0. The standard InChI is InChI=1S/C29H33N/c1-7-11-22(12-8-2)23-15-17-26(27(18-16-23)29(5,6)21(3)4)28-25-14-10-9-13-24(25)19-20-30-28/h7-21,23H,1H2,2-6H3/b12-8-,22-11+. The molecule has 0 spiro atoms. The van der Waals surface area contributed by atoms with E-state index in [9.17, 15) is 0 Å². The molecule has 1 atom stereocenters. The molecular weight excluding hydrogens is 362 g/mol. The van der Waals surface area contributed by atoms with Crippen LogP contribution in [0.4, 0.5) is 0 Å². The van der Waals surface area contributed by atoms with Crippen molar-refractivity contribution in [2.75, 3.05) is 0 Å². The van der Waals surface area contributed by atoms with Gasteiger partial charge in [-0.3, -0.25) is 4.98 Å². The van der Waals surface area contributed by atoms with Gasteiger partial charge in [-0.25, -0.2) is 0 Å². The van der Waals surface area contributed by atoms with E-state index in [1.807, 2.05) is 12.3 Å². The third kappa shape index (κ3) is 4.31. The lowest BCUT2D eigenvalue weighted by Gasteiger charge is -2.32. The van der Waals surface area contributed by atoms with Gasteiger partial charge in [-0.1, -0.05) is 107 Å². The summed E-state index contributed by atoms with van der Waals surface area (Å²) in [5, 5.41) is 2.41. The Labute approximate surface area is 181 Å². The SMILES string of the molecule is C=C/C=C(\C=C/C)C1C=CC(c2nccc3ccccc23)=C(C(C)(C)C(C)C)C=C1. The molecule has 1 aromatic carbocycles. The Bertz CT molecular complexity index is 1070. The van der Waals surface area contributed by atoms with Gasteiger partial charge in [-0.15, -0.1) is 0 Å². The third-order valence-corrected chi connectivity index (χ3v) is 6.35. The predicted octanol–water partition coefficient (Wildman–Crippen LogP) is 8.10. The molecule has 1 aliphatic carbocycles. The van der Waals surface area contributed by atoms with Crippen molar-refractivity contribution in [3.8, 4) is 0 Å². The number of rotatable bonds is 6. The number of benzene rings is 1. The van der Waals surface area contributed by atoms with Crippen molar-refractivity contribution in [3.05, 3.63) is 109 Å². The molecule has 1 aliphatic rings. The van der Waals surface area contributed by atoms with Gasteiger partial charge in [0.15, 0.2) is 0 Å². The summed E-state index contributed by atoms with van der Waals surface area (Å²) in [6.07, 6.45) is 19.3. The Balaban J connectivity index is 2.25. The van der Waals surface area contributed by atoms with Crippen LogP contribution >= 0.6 is 0 Å².